The number of ether oxygens (including phenoxy) is 1. The van der Waals surface area contributed by atoms with Crippen LogP contribution in [-0.4, -0.2) is 32.4 Å². The van der Waals surface area contributed by atoms with E-state index in [1.165, 1.54) is 12.1 Å². The lowest BCUT2D eigenvalue weighted by Gasteiger charge is -2.26. The van der Waals surface area contributed by atoms with Crippen molar-refractivity contribution >= 4 is 27.4 Å². The molecule has 0 aromatic heterocycles. The number of urea groups is 1. The van der Waals surface area contributed by atoms with Gasteiger partial charge in [0, 0.05) is 24.5 Å². The van der Waals surface area contributed by atoms with Crippen LogP contribution in [-0.2, 0) is 16.6 Å². The van der Waals surface area contributed by atoms with Crippen molar-refractivity contribution in [2.24, 2.45) is 0 Å². The molecule has 3 aromatic rings. The predicted molar refractivity (Wildman–Crippen MR) is 129 cm³/mol. The van der Waals surface area contributed by atoms with Gasteiger partial charge >= 0.3 is 6.03 Å². The summed E-state index contributed by atoms with van der Waals surface area (Å²) in [4.78, 5) is 14.2. The third-order valence-corrected chi connectivity index (χ3v) is 6.81. The molecule has 2 amide bonds. The number of sulfonamides is 1. The lowest BCUT2D eigenvalue weighted by molar-refractivity contribution is 0.200. The summed E-state index contributed by atoms with van der Waals surface area (Å²) in [5, 5.41) is 2.83. The van der Waals surface area contributed by atoms with Crippen LogP contribution in [0, 0.1) is 0 Å². The molecule has 4 rings (SSSR count). The number of amides is 2. The number of benzene rings is 3. The molecule has 8 heteroatoms. The van der Waals surface area contributed by atoms with Crippen molar-refractivity contribution in [2.75, 3.05) is 23.1 Å². The second-order valence-electron chi connectivity index (χ2n) is 7.91. The fourth-order valence-electron chi connectivity index (χ4n) is 3.59. The lowest BCUT2D eigenvalue weighted by Crippen LogP contribution is -2.38. The summed E-state index contributed by atoms with van der Waals surface area (Å²) in [5.74, 6) is 0.649. The van der Waals surface area contributed by atoms with Gasteiger partial charge < -0.3 is 15.0 Å². The van der Waals surface area contributed by atoms with Gasteiger partial charge in [-0.3, -0.25) is 4.72 Å². The topological polar surface area (TPSA) is 87.7 Å². The zero-order valence-electron chi connectivity index (χ0n) is 18.2. The zero-order chi connectivity index (χ0) is 23.1. The highest BCUT2D eigenvalue weighted by Crippen LogP contribution is 2.22. The molecule has 0 atom stereocenters. The number of hydrogen-bond donors (Lipinski definition) is 2. The number of likely N-dealkylation sites (tertiary alicyclic amines) is 1. The van der Waals surface area contributed by atoms with Crippen molar-refractivity contribution in [3.05, 3.63) is 84.4 Å². The molecule has 3 aromatic carbocycles. The summed E-state index contributed by atoms with van der Waals surface area (Å²) >= 11 is 0. The molecule has 0 bridgehead atoms. The highest BCUT2D eigenvalue weighted by atomic mass is 32.2. The molecule has 1 heterocycles. The molecule has 1 aliphatic heterocycles. The molecule has 2 N–H and O–H groups in total. The Bertz CT molecular complexity index is 1160. The Morgan fingerprint density at radius 2 is 1.45 bits per heavy atom. The van der Waals surface area contributed by atoms with Gasteiger partial charge in [-0.15, -0.1) is 0 Å². The Kier molecular flexibility index (Phi) is 7.14. The quantitative estimate of drug-likeness (QED) is 0.509. The Morgan fingerprint density at radius 3 is 2.12 bits per heavy atom. The highest BCUT2D eigenvalue weighted by molar-refractivity contribution is 7.92. The number of anilines is 2. The van der Waals surface area contributed by atoms with E-state index in [0.717, 1.165) is 37.9 Å². The van der Waals surface area contributed by atoms with Crippen molar-refractivity contribution in [3.63, 3.8) is 0 Å². The minimum absolute atomic E-state index is 0.114. The highest BCUT2D eigenvalue weighted by Gasteiger charge is 2.18. The Hall–Kier alpha value is -3.52. The van der Waals surface area contributed by atoms with Gasteiger partial charge in [0.15, 0.2) is 0 Å². The van der Waals surface area contributed by atoms with Crippen molar-refractivity contribution in [1.82, 2.24) is 4.90 Å². The number of carbonyl (C=O) groups excluding carboxylic acids is 1. The average molecular weight is 466 g/mol. The van der Waals surface area contributed by atoms with Crippen LogP contribution in [0.5, 0.6) is 5.75 Å². The molecule has 172 valence electrons. The van der Waals surface area contributed by atoms with Gasteiger partial charge in [-0.1, -0.05) is 30.3 Å². The maximum Gasteiger partial charge on any atom is 0.321 e. The smallest absolute Gasteiger partial charge is 0.321 e. The van der Waals surface area contributed by atoms with Crippen LogP contribution in [0.3, 0.4) is 0 Å². The molecule has 0 unspecified atom stereocenters. The van der Waals surface area contributed by atoms with Crippen LogP contribution in [0.1, 0.15) is 24.8 Å². The normalized spacial score (nSPS) is 13.9. The molecule has 0 radical (unpaired) electrons. The number of nitrogens with one attached hydrogen (secondary N) is 2. The number of carbonyl (C=O) groups is 1. The number of nitrogens with zero attached hydrogens (tertiary/aromatic N) is 1. The third-order valence-electron chi connectivity index (χ3n) is 5.41. The number of hydrogen-bond acceptors (Lipinski definition) is 4. The van der Waals surface area contributed by atoms with E-state index in [0.29, 0.717) is 23.7 Å². The first kappa shape index (κ1) is 22.7. The molecule has 33 heavy (non-hydrogen) atoms. The van der Waals surface area contributed by atoms with Gasteiger partial charge in [0.25, 0.3) is 10.0 Å². The average Bonchev–Trinajstić information content (AvgIpc) is 2.85. The van der Waals surface area contributed by atoms with Crippen molar-refractivity contribution in [1.29, 1.82) is 0 Å². The third kappa shape index (κ3) is 6.26. The van der Waals surface area contributed by atoms with Crippen LogP contribution in [0.25, 0.3) is 0 Å². The Morgan fingerprint density at radius 1 is 0.818 bits per heavy atom. The van der Waals surface area contributed by atoms with Crippen molar-refractivity contribution < 1.29 is 17.9 Å². The molecule has 0 aliphatic carbocycles. The summed E-state index contributed by atoms with van der Waals surface area (Å²) in [6.07, 6.45) is 3.17. The van der Waals surface area contributed by atoms with Gasteiger partial charge in [0.2, 0.25) is 0 Å². The fraction of sp³-hybridized carbons (Fsp3) is 0.240. The van der Waals surface area contributed by atoms with Crippen LogP contribution >= 0.6 is 0 Å². The molecule has 0 spiro atoms. The first-order chi connectivity index (χ1) is 16.0. The maximum absolute atomic E-state index is 12.7. The number of rotatable bonds is 7. The number of piperidine rings is 1. The van der Waals surface area contributed by atoms with E-state index in [4.69, 9.17) is 4.74 Å². The lowest BCUT2D eigenvalue weighted by atomic mass is 10.1. The molecule has 1 saturated heterocycles. The predicted octanol–water partition coefficient (Wildman–Crippen LogP) is 5.08. The second kappa shape index (κ2) is 10.4. The Balaban J connectivity index is 1.33. The molecular weight excluding hydrogens is 438 g/mol. The van der Waals surface area contributed by atoms with E-state index in [-0.39, 0.29) is 10.9 Å². The summed E-state index contributed by atoms with van der Waals surface area (Å²) in [7, 11) is -3.76. The largest absolute Gasteiger partial charge is 0.489 e. The van der Waals surface area contributed by atoms with Crippen LogP contribution in [0.4, 0.5) is 16.2 Å². The van der Waals surface area contributed by atoms with Crippen LogP contribution in [0.2, 0.25) is 0 Å². The van der Waals surface area contributed by atoms with Gasteiger partial charge in [0.05, 0.1) is 4.90 Å². The SMILES string of the molecule is O=C(Nc1ccc(S(=O)(=O)Nc2ccc(OCc3ccccc3)cc2)cc1)N1CCCCC1. The van der Waals surface area contributed by atoms with Crippen LogP contribution in [0.15, 0.2) is 83.8 Å². The molecule has 1 aliphatic rings. The van der Waals surface area contributed by atoms with Gasteiger partial charge in [-0.05, 0) is 73.4 Å². The van der Waals surface area contributed by atoms with Gasteiger partial charge in [-0.2, -0.15) is 0 Å². The van der Waals surface area contributed by atoms with Gasteiger partial charge in [-0.25, -0.2) is 13.2 Å². The molecular formula is C25H27N3O4S. The van der Waals surface area contributed by atoms with E-state index in [1.807, 2.05) is 30.3 Å². The molecule has 1 fully saturated rings. The minimum atomic E-state index is -3.76. The standard InChI is InChI=1S/C25H27N3O4S/c29-25(28-17-5-2-6-18-28)26-21-11-15-24(16-12-21)33(30,31)27-22-9-13-23(14-10-22)32-19-20-7-3-1-4-8-20/h1,3-4,7-16,27H,2,5-6,17-19H2,(H,26,29). The first-order valence-electron chi connectivity index (χ1n) is 11.0. The fourth-order valence-corrected chi connectivity index (χ4v) is 4.65. The summed E-state index contributed by atoms with van der Waals surface area (Å²) in [6, 6.07) is 22.6. The summed E-state index contributed by atoms with van der Waals surface area (Å²) < 4.78 is 33.8. The van der Waals surface area contributed by atoms with E-state index in [9.17, 15) is 13.2 Å². The van der Waals surface area contributed by atoms with E-state index in [1.54, 1.807) is 41.3 Å². The minimum Gasteiger partial charge on any atom is -0.489 e. The van der Waals surface area contributed by atoms with E-state index >= 15 is 0 Å². The zero-order valence-corrected chi connectivity index (χ0v) is 19.1. The van der Waals surface area contributed by atoms with E-state index in [2.05, 4.69) is 10.0 Å². The van der Waals surface area contributed by atoms with E-state index < -0.39 is 10.0 Å². The van der Waals surface area contributed by atoms with Gasteiger partial charge in [0.1, 0.15) is 12.4 Å². The maximum atomic E-state index is 12.7. The molecule has 7 nitrogen and oxygen atoms in total. The van der Waals surface area contributed by atoms with Crippen molar-refractivity contribution in [3.8, 4) is 5.75 Å². The molecule has 0 saturated carbocycles. The first-order valence-corrected chi connectivity index (χ1v) is 12.4. The summed E-state index contributed by atoms with van der Waals surface area (Å²) in [5.41, 5.74) is 2.05. The summed E-state index contributed by atoms with van der Waals surface area (Å²) in [6.45, 7) is 1.93. The van der Waals surface area contributed by atoms with Crippen LogP contribution < -0.4 is 14.8 Å². The monoisotopic (exact) mass is 465 g/mol. The van der Waals surface area contributed by atoms with Crippen molar-refractivity contribution in [2.45, 2.75) is 30.8 Å². The second-order valence-corrected chi connectivity index (χ2v) is 9.59. The Labute approximate surface area is 194 Å².